The summed E-state index contributed by atoms with van der Waals surface area (Å²) < 4.78 is 5.96. The van der Waals surface area contributed by atoms with Crippen molar-refractivity contribution in [3.05, 3.63) is 50.2 Å². The molecule has 21 heavy (non-hydrogen) atoms. The van der Waals surface area contributed by atoms with Gasteiger partial charge in [-0.25, -0.2) is 0 Å². The van der Waals surface area contributed by atoms with E-state index in [4.69, 9.17) is 16.6 Å². The monoisotopic (exact) mass is 317 g/mol. The molecule has 1 aromatic carbocycles. The van der Waals surface area contributed by atoms with Crippen LogP contribution < -0.4 is 10.7 Å². The number of amides is 1. The molecule has 1 fully saturated rings. The van der Waals surface area contributed by atoms with E-state index in [0.717, 1.165) is 22.9 Å². The lowest BCUT2D eigenvalue weighted by Crippen LogP contribution is -2.17. The number of thioether (sulfide) groups is 1. The van der Waals surface area contributed by atoms with E-state index in [0.29, 0.717) is 25.8 Å². The molecule has 0 unspecified atom stereocenters. The molecule has 1 aromatic heterocycles. The number of carbonyl (C=O) groups excluding carboxylic acids is 1. The number of hydrogen-bond acceptors (Lipinski definition) is 5. The third-order valence-corrected chi connectivity index (χ3v) is 4.32. The Morgan fingerprint density at radius 2 is 2.05 bits per heavy atom. The molecule has 6 heteroatoms. The number of thiocarbonyl (C=S) groups is 1. The number of benzene rings is 1. The molecule has 2 heterocycles. The zero-order valence-corrected chi connectivity index (χ0v) is 13.0. The molecule has 106 valence electrons. The molecule has 0 spiro atoms. The van der Waals surface area contributed by atoms with E-state index in [9.17, 15) is 9.59 Å². The van der Waals surface area contributed by atoms with Crippen LogP contribution in [0.3, 0.4) is 0 Å². The van der Waals surface area contributed by atoms with Gasteiger partial charge in [-0.3, -0.25) is 9.59 Å². The Hall–Kier alpha value is -1.92. The van der Waals surface area contributed by atoms with Crippen LogP contribution in [0.1, 0.15) is 16.7 Å². The Morgan fingerprint density at radius 3 is 2.71 bits per heavy atom. The topological polar surface area (TPSA) is 59.3 Å². The Morgan fingerprint density at radius 1 is 1.29 bits per heavy atom. The van der Waals surface area contributed by atoms with Crippen LogP contribution >= 0.6 is 24.0 Å². The van der Waals surface area contributed by atoms with Gasteiger partial charge < -0.3 is 9.73 Å². The number of fused-ring (bicyclic) bond motifs is 1. The zero-order chi connectivity index (χ0) is 15.1. The zero-order valence-electron chi connectivity index (χ0n) is 11.4. The van der Waals surface area contributed by atoms with Crippen molar-refractivity contribution in [1.29, 1.82) is 0 Å². The highest BCUT2D eigenvalue weighted by Gasteiger charge is 2.22. The molecular weight excluding hydrogens is 306 g/mol. The second-order valence-corrected chi connectivity index (χ2v) is 6.55. The van der Waals surface area contributed by atoms with Crippen molar-refractivity contribution in [1.82, 2.24) is 5.32 Å². The first-order chi connectivity index (χ1) is 9.95. The van der Waals surface area contributed by atoms with Crippen molar-refractivity contribution in [3.8, 4) is 0 Å². The summed E-state index contributed by atoms with van der Waals surface area (Å²) in [7, 11) is 0. The number of aryl methyl sites for hydroxylation is 2. The van der Waals surface area contributed by atoms with Crippen molar-refractivity contribution in [2.24, 2.45) is 0 Å². The van der Waals surface area contributed by atoms with E-state index in [1.54, 1.807) is 6.07 Å². The van der Waals surface area contributed by atoms with Gasteiger partial charge in [0.05, 0.1) is 15.9 Å². The summed E-state index contributed by atoms with van der Waals surface area (Å²) in [6, 6.07) is 3.75. The van der Waals surface area contributed by atoms with Gasteiger partial charge in [-0.05, 0) is 37.1 Å². The fourth-order valence-electron chi connectivity index (χ4n) is 2.27. The summed E-state index contributed by atoms with van der Waals surface area (Å²) in [6.07, 6.45) is 2.90. The number of nitrogens with one attached hydrogen (secondary N) is 1. The maximum atomic E-state index is 12.5. The van der Waals surface area contributed by atoms with Crippen molar-refractivity contribution < 1.29 is 9.21 Å². The van der Waals surface area contributed by atoms with Gasteiger partial charge in [0.25, 0.3) is 5.91 Å². The van der Waals surface area contributed by atoms with E-state index >= 15 is 0 Å². The molecule has 1 saturated heterocycles. The second kappa shape index (κ2) is 5.13. The van der Waals surface area contributed by atoms with Crippen LogP contribution in [0.25, 0.3) is 17.0 Å². The smallest absolute Gasteiger partial charge is 0.263 e. The predicted molar refractivity (Wildman–Crippen MR) is 88.3 cm³/mol. The van der Waals surface area contributed by atoms with Crippen molar-refractivity contribution in [2.45, 2.75) is 13.8 Å². The van der Waals surface area contributed by atoms with Gasteiger partial charge in [0, 0.05) is 0 Å². The van der Waals surface area contributed by atoms with Crippen LogP contribution in [0.2, 0.25) is 0 Å². The maximum Gasteiger partial charge on any atom is 0.263 e. The highest BCUT2D eigenvalue weighted by molar-refractivity contribution is 8.26. The minimum Gasteiger partial charge on any atom is -0.463 e. The first-order valence-corrected chi connectivity index (χ1v) is 7.46. The summed E-state index contributed by atoms with van der Waals surface area (Å²) in [5.74, 6) is -0.287. The average Bonchev–Trinajstić information content (AvgIpc) is 2.72. The van der Waals surface area contributed by atoms with Crippen LogP contribution in [0.15, 0.2) is 32.5 Å². The summed E-state index contributed by atoms with van der Waals surface area (Å²) in [4.78, 5) is 24.6. The summed E-state index contributed by atoms with van der Waals surface area (Å²) in [5, 5.41) is 3.04. The third kappa shape index (κ3) is 2.52. The van der Waals surface area contributed by atoms with Crippen molar-refractivity contribution in [2.75, 3.05) is 0 Å². The van der Waals surface area contributed by atoms with Crippen LogP contribution in [0, 0.1) is 13.8 Å². The molecule has 4 nitrogen and oxygen atoms in total. The standard InChI is InChI=1S/C15H11NO3S2/c1-7-3-8(2)13-10(4-7)12(17)9(6-19-13)5-11-14(18)16-15(20)21-11/h3-6H,1-2H3,(H,16,18,20)/b11-5+. The van der Waals surface area contributed by atoms with Gasteiger partial charge >= 0.3 is 0 Å². The largest absolute Gasteiger partial charge is 0.463 e. The Kier molecular flexibility index (Phi) is 3.43. The molecular formula is C15H11NO3S2. The van der Waals surface area contributed by atoms with Gasteiger partial charge in [-0.1, -0.05) is 30.0 Å². The molecule has 0 aliphatic carbocycles. The van der Waals surface area contributed by atoms with E-state index in [-0.39, 0.29) is 11.3 Å². The first kappa shape index (κ1) is 14.0. The van der Waals surface area contributed by atoms with E-state index in [1.807, 2.05) is 19.9 Å². The van der Waals surface area contributed by atoms with Crippen LogP contribution in [0.4, 0.5) is 0 Å². The minimum atomic E-state index is -0.287. The van der Waals surface area contributed by atoms with Crippen molar-refractivity contribution >= 4 is 51.3 Å². The van der Waals surface area contributed by atoms with Crippen LogP contribution in [0.5, 0.6) is 0 Å². The lowest BCUT2D eigenvalue weighted by molar-refractivity contribution is -0.115. The van der Waals surface area contributed by atoms with Gasteiger partial charge in [0.2, 0.25) is 0 Å². The fraction of sp³-hybridized carbons (Fsp3) is 0.133. The van der Waals surface area contributed by atoms with E-state index in [2.05, 4.69) is 5.32 Å². The predicted octanol–water partition coefficient (Wildman–Crippen LogP) is 2.90. The van der Waals surface area contributed by atoms with E-state index in [1.165, 1.54) is 12.3 Å². The van der Waals surface area contributed by atoms with Crippen molar-refractivity contribution in [3.63, 3.8) is 0 Å². The highest BCUT2D eigenvalue weighted by atomic mass is 32.2. The SMILES string of the molecule is Cc1cc(C)c2occ(/C=C3/SC(=S)NC3=O)c(=O)c2c1. The summed E-state index contributed by atoms with van der Waals surface area (Å²) >= 11 is 6.06. The van der Waals surface area contributed by atoms with Gasteiger partial charge in [0.15, 0.2) is 5.43 Å². The maximum absolute atomic E-state index is 12.5. The molecule has 3 rings (SSSR count). The summed E-state index contributed by atoms with van der Waals surface area (Å²) in [5.41, 5.74) is 2.67. The number of hydrogen-bond donors (Lipinski definition) is 1. The Bertz CT molecular complexity index is 880. The summed E-state index contributed by atoms with van der Waals surface area (Å²) in [6.45, 7) is 3.82. The highest BCUT2D eigenvalue weighted by Crippen LogP contribution is 2.26. The lowest BCUT2D eigenvalue weighted by atomic mass is 10.1. The lowest BCUT2D eigenvalue weighted by Gasteiger charge is -2.04. The molecule has 0 saturated carbocycles. The average molecular weight is 317 g/mol. The molecule has 0 atom stereocenters. The molecule has 0 bridgehead atoms. The fourth-order valence-corrected chi connectivity index (χ4v) is 3.31. The molecule has 1 amide bonds. The van der Waals surface area contributed by atoms with Gasteiger partial charge in [-0.2, -0.15) is 0 Å². The first-order valence-electron chi connectivity index (χ1n) is 6.23. The normalized spacial score (nSPS) is 16.8. The molecule has 1 aliphatic heterocycles. The molecule has 2 aromatic rings. The third-order valence-electron chi connectivity index (χ3n) is 3.16. The second-order valence-electron chi connectivity index (χ2n) is 4.83. The van der Waals surface area contributed by atoms with Gasteiger partial charge in [0.1, 0.15) is 16.2 Å². The number of rotatable bonds is 1. The van der Waals surface area contributed by atoms with Gasteiger partial charge in [-0.15, -0.1) is 0 Å². The molecule has 1 aliphatic rings. The molecule has 0 radical (unpaired) electrons. The van der Waals surface area contributed by atoms with E-state index < -0.39 is 0 Å². The Labute approximate surface area is 130 Å². The molecule has 1 N–H and O–H groups in total. The number of carbonyl (C=O) groups is 1. The quantitative estimate of drug-likeness (QED) is 0.647. The van der Waals surface area contributed by atoms with Crippen LogP contribution in [-0.2, 0) is 4.79 Å². The Balaban J connectivity index is 2.20. The van der Waals surface area contributed by atoms with Crippen LogP contribution in [-0.4, -0.2) is 10.2 Å². The minimum absolute atomic E-state index is 0.151.